The highest BCUT2D eigenvalue weighted by Gasteiger charge is 2.31. The van der Waals surface area contributed by atoms with E-state index in [0.29, 0.717) is 32.2 Å². The highest BCUT2D eigenvalue weighted by Crippen LogP contribution is 2.22. The van der Waals surface area contributed by atoms with Crippen LogP contribution in [0.1, 0.15) is 12.0 Å². The minimum Gasteiger partial charge on any atom is -0.435 e. The van der Waals surface area contributed by atoms with Gasteiger partial charge in [-0.25, -0.2) is 4.79 Å². The summed E-state index contributed by atoms with van der Waals surface area (Å²) in [5, 5.41) is 5.75. The van der Waals surface area contributed by atoms with Crippen molar-refractivity contribution in [2.75, 3.05) is 46.1 Å². The van der Waals surface area contributed by atoms with E-state index in [1.165, 1.54) is 12.1 Å². The van der Waals surface area contributed by atoms with Gasteiger partial charge in [0.05, 0.1) is 19.8 Å². The molecule has 2 saturated heterocycles. The standard InChI is InChI=1S/C19H27F2N3O4/c20-18(21)28-16-3-1-14(2-4-16)11-22-19(25)23-12-17(15-5-8-27-13-15)24-6-9-26-10-7-24/h1-4,15,17-18H,5-13H2,(H2,22,23,25)/t15-,17-/m0/s1. The Hall–Kier alpha value is -1.97. The number of morpholine rings is 1. The lowest BCUT2D eigenvalue weighted by Crippen LogP contribution is -2.53. The van der Waals surface area contributed by atoms with E-state index in [2.05, 4.69) is 20.3 Å². The van der Waals surface area contributed by atoms with Gasteiger partial charge in [-0.1, -0.05) is 12.1 Å². The van der Waals surface area contributed by atoms with Gasteiger partial charge in [0.2, 0.25) is 0 Å². The fourth-order valence-electron chi connectivity index (χ4n) is 3.59. The van der Waals surface area contributed by atoms with Crippen LogP contribution in [0.3, 0.4) is 0 Å². The number of halogens is 2. The van der Waals surface area contributed by atoms with Crippen LogP contribution in [-0.2, 0) is 16.0 Å². The molecule has 0 aromatic heterocycles. The molecule has 2 fully saturated rings. The van der Waals surface area contributed by atoms with E-state index in [1.54, 1.807) is 12.1 Å². The Morgan fingerprint density at radius 2 is 1.89 bits per heavy atom. The van der Waals surface area contributed by atoms with Crippen molar-refractivity contribution in [1.82, 2.24) is 15.5 Å². The number of alkyl halides is 2. The van der Waals surface area contributed by atoms with Gasteiger partial charge in [0.25, 0.3) is 0 Å². The Morgan fingerprint density at radius 1 is 1.14 bits per heavy atom. The van der Waals surface area contributed by atoms with Crippen LogP contribution in [0.15, 0.2) is 24.3 Å². The van der Waals surface area contributed by atoms with Crippen LogP contribution in [0.2, 0.25) is 0 Å². The van der Waals surface area contributed by atoms with Gasteiger partial charge in [0, 0.05) is 44.7 Å². The summed E-state index contributed by atoms with van der Waals surface area (Å²) in [4.78, 5) is 14.6. The number of urea groups is 1. The third-order valence-corrected chi connectivity index (χ3v) is 5.10. The first kappa shape index (κ1) is 20.8. The third-order valence-electron chi connectivity index (χ3n) is 5.10. The van der Waals surface area contributed by atoms with Gasteiger partial charge in [-0.2, -0.15) is 8.78 Å². The summed E-state index contributed by atoms with van der Waals surface area (Å²) in [6, 6.07) is 6.16. The predicted octanol–water partition coefficient (Wildman–Crippen LogP) is 1.82. The number of ether oxygens (including phenoxy) is 3. The molecule has 2 heterocycles. The fourth-order valence-corrected chi connectivity index (χ4v) is 3.59. The molecule has 28 heavy (non-hydrogen) atoms. The number of carbonyl (C=O) groups excluding carboxylic acids is 1. The SMILES string of the molecule is O=C(NCc1ccc(OC(F)F)cc1)NC[C@@H]([C@H]1CCOC1)N1CCOCC1. The van der Waals surface area contributed by atoms with E-state index in [-0.39, 0.29) is 17.8 Å². The van der Waals surface area contributed by atoms with E-state index < -0.39 is 6.61 Å². The zero-order valence-electron chi connectivity index (χ0n) is 15.7. The third kappa shape index (κ3) is 6.29. The van der Waals surface area contributed by atoms with Crippen LogP contribution >= 0.6 is 0 Å². The van der Waals surface area contributed by atoms with E-state index >= 15 is 0 Å². The molecule has 2 aliphatic heterocycles. The Bertz CT molecular complexity index is 606. The number of hydrogen-bond acceptors (Lipinski definition) is 5. The van der Waals surface area contributed by atoms with Crippen molar-refractivity contribution in [1.29, 1.82) is 0 Å². The number of benzene rings is 1. The molecule has 1 aromatic rings. The van der Waals surface area contributed by atoms with Crippen LogP contribution < -0.4 is 15.4 Å². The topological polar surface area (TPSA) is 72.1 Å². The molecular weight excluding hydrogens is 372 g/mol. The summed E-state index contributed by atoms with van der Waals surface area (Å²) in [5.74, 6) is 0.496. The molecule has 0 saturated carbocycles. The molecule has 3 rings (SSSR count). The second-order valence-corrected chi connectivity index (χ2v) is 6.93. The summed E-state index contributed by atoms with van der Waals surface area (Å²) in [6.07, 6.45) is 0.998. The van der Waals surface area contributed by atoms with Gasteiger partial charge < -0.3 is 24.8 Å². The largest absolute Gasteiger partial charge is 0.435 e. The quantitative estimate of drug-likeness (QED) is 0.698. The highest BCUT2D eigenvalue weighted by molar-refractivity contribution is 5.73. The summed E-state index contributed by atoms with van der Waals surface area (Å²) in [6.45, 7) is 2.62. The monoisotopic (exact) mass is 399 g/mol. The molecule has 7 nitrogen and oxygen atoms in total. The molecule has 0 unspecified atom stereocenters. The van der Waals surface area contributed by atoms with Crippen molar-refractivity contribution in [3.63, 3.8) is 0 Å². The van der Waals surface area contributed by atoms with Gasteiger partial charge in [0.1, 0.15) is 5.75 Å². The van der Waals surface area contributed by atoms with Gasteiger partial charge >= 0.3 is 12.6 Å². The van der Waals surface area contributed by atoms with Gasteiger partial charge in [-0.15, -0.1) is 0 Å². The average Bonchev–Trinajstić information content (AvgIpc) is 3.22. The lowest BCUT2D eigenvalue weighted by molar-refractivity contribution is -0.0498. The Kier molecular flexibility index (Phi) is 7.81. The van der Waals surface area contributed by atoms with E-state index in [4.69, 9.17) is 9.47 Å². The predicted molar refractivity (Wildman–Crippen MR) is 98.4 cm³/mol. The number of nitrogens with zero attached hydrogens (tertiary/aromatic N) is 1. The molecule has 0 radical (unpaired) electrons. The van der Waals surface area contributed by atoms with Crippen molar-refractivity contribution < 1.29 is 27.8 Å². The molecule has 156 valence electrons. The number of amides is 2. The second-order valence-electron chi connectivity index (χ2n) is 6.93. The number of rotatable bonds is 8. The lowest BCUT2D eigenvalue weighted by atomic mass is 9.97. The minimum atomic E-state index is -2.85. The van der Waals surface area contributed by atoms with E-state index in [1.807, 2.05) is 0 Å². The summed E-state index contributed by atoms with van der Waals surface area (Å²) in [7, 11) is 0. The lowest BCUT2D eigenvalue weighted by Gasteiger charge is -2.37. The first-order valence-electron chi connectivity index (χ1n) is 9.57. The molecular formula is C19H27F2N3O4. The van der Waals surface area contributed by atoms with Crippen LogP contribution in [0.4, 0.5) is 13.6 Å². The molecule has 2 N–H and O–H groups in total. The molecule has 9 heteroatoms. The van der Waals surface area contributed by atoms with E-state index in [0.717, 1.165) is 38.3 Å². The number of carbonyl (C=O) groups is 1. The first-order valence-corrected chi connectivity index (χ1v) is 9.57. The summed E-state index contributed by atoms with van der Waals surface area (Å²) in [5.41, 5.74) is 0.797. The highest BCUT2D eigenvalue weighted by atomic mass is 19.3. The van der Waals surface area contributed by atoms with Crippen molar-refractivity contribution in [2.45, 2.75) is 25.6 Å². The Balaban J connectivity index is 1.44. The normalized spacial score (nSPS) is 21.5. The van der Waals surface area contributed by atoms with Crippen LogP contribution in [-0.4, -0.2) is 69.6 Å². The molecule has 0 aliphatic carbocycles. The smallest absolute Gasteiger partial charge is 0.387 e. The molecule has 1 aromatic carbocycles. The Labute approximate surface area is 163 Å². The van der Waals surface area contributed by atoms with Gasteiger partial charge in [0.15, 0.2) is 0 Å². The molecule has 2 atom stereocenters. The maximum absolute atomic E-state index is 12.2. The van der Waals surface area contributed by atoms with Crippen LogP contribution in [0, 0.1) is 5.92 Å². The zero-order chi connectivity index (χ0) is 19.8. The second kappa shape index (κ2) is 10.5. The zero-order valence-corrected chi connectivity index (χ0v) is 15.7. The molecule has 0 bridgehead atoms. The molecule has 0 spiro atoms. The van der Waals surface area contributed by atoms with Gasteiger partial charge in [-0.05, 0) is 24.1 Å². The summed E-state index contributed by atoms with van der Waals surface area (Å²) < 4.78 is 39.6. The van der Waals surface area contributed by atoms with Crippen molar-refractivity contribution in [3.8, 4) is 5.75 Å². The number of nitrogens with one attached hydrogen (secondary N) is 2. The average molecular weight is 399 g/mol. The van der Waals surface area contributed by atoms with Crippen molar-refractivity contribution in [2.24, 2.45) is 5.92 Å². The maximum Gasteiger partial charge on any atom is 0.387 e. The Morgan fingerprint density at radius 3 is 2.54 bits per heavy atom. The maximum atomic E-state index is 12.2. The molecule has 2 aliphatic rings. The van der Waals surface area contributed by atoms with Crippen molar-refractivity contribution >= 4 is 6.03 Å². The van der Waals surface area contributed by atoms with Crippen LogP contribution in [0.5, 0.6) is 5.75 Å². The van der Waals surface area contributed by atoms with Crippen LogP contribution in [0.25, 0.3) is 0 Å². The fraction of sp³-hybridized carbons (Fsp3) is 0.632. The number of hydrogen-bond donors (Lipinski definition) is 2. The first-order chi connectivity index (χ1) is 13.6. The molecule has 2 amide bonds. The van der Waals surface area contributed by atoms with Gasteiger partial charge in [-0.3, -0.25) is 4.90 Å². The minimum absolute atomic E-state index is 0.0929. The van der Waals surface area contributed by atoms with Crippen molar-refractivity contribution in [3.05, 3.63) is 29.8 Å². The van der Waals surface area contributed by atoms with E-state index in [9.17, 15) is 13.6 Å². The summed E-state index contributed by atoms with van der Waals surface area (Å²) >= 11 is 0.